The van der Waals surface area contributed by atoms with Crippen molar-refractivity contribution in [1.29, 1.82) is 0 Å². The van der Waals surface area contributed by atoms with E-state index in [9.17, 15) is 4.79 Å². The molecule has 2 aliphatic rings. The quantitative estimate of drug-likeness (QED) is 0.267. The van der Waals surface area contributed by atoms with Crippen molar-refractivity contribution in [3.05, 3.63) is 35.9 Å². The fourth-order valence-electron chi connectivity index (χ4n) is 4.41. The number of hydrogen-bond acceptors (Lipinski definition) is 3. The second kappa shape index (κ2) is 14.7. The van der Waals surface area contributed by atoms with E-state index >= 15 is 0 Å². The molecule has 1 heterocycles. The third-order valence-corrected chi connectivity index (χ3v) is 6.10. The maximum Gasteiger partial charge on any atom is 0.222 e. The van der Waals surface area contributed by atoms with Gasteiger partial charge in [0.05, 0.1) is 6.54 Å². The van der Waals surface area contributed by atoms with E-state index in [4.69, 9.17) is 0 Å². The number of nitrogens with zero attached hydrogens (tertiary/aromatic N) is 2. The van der Waals surface area contributed by atoms with Gasteiger partial charge in [0.1, 0.15) is 0 Å². The number of likely N-dealkylation sites (tertiary alicyclic amines) is 1. The SMILES string of the molecule is CCNC(=NCCC(=O)NC1CCCCC1)NC1CCN(Cc2ccccc2)CC1.I. The van der Waals surface area contributed by atoms with Crippen molar-refractivity contribution >= 4 is 35.8 Å². The summed E-state index contributed by atoms with van der Waals surface area (Å²) >= 11 is 0. The van der Waals surface area contributed by atoms with Gasteiger partial charge >= 0.3 is 0 Å². The molecule has 1 aliphatic carbocycles. The molecule has 6 nitrogen and oxygen atoms in total. The van der Waals surface area contributed by atoms with Crippen LogP contribution in [-0.4, -0.2) is 55.0 Å². The van der Waals surface area contributed by atoms with Crippen molar-refractivity contribution in [2.45, 2.75) is 76.9 Å². The summed E-state index contributed by atoms with van der Waals surface area (Å²) in [5, 5.41) is 10.1. The Morgan fingerprint density at radius 3 is 2.35 bits per heavy atom. The zero-order valence-corrected chi connectivity index (χ0v) is 21.3. The normalized spacial score (nSPS) is 18.8. The highest BCUT2D eigenvalue weighted by molar-refractivity contribution is 14.0. The van der Waals surface area contributed by atoms with Gasteiger partial charge in [0, 0.05) is 44.7 Å². The first-order valence-corrected chi connectivity index (χ1v) is 11.8. The van der Waals surface area contributed by atoms with Crippen LogP contribution in [0.3, 0.4) is 0 Å². The molecular formula is C24H40IN5O. The van der Waals surface area contributed by atoms with E-state index in [1.54, 1.807) is 0 Å². The smallest absolute Gasteiger partial charge is 0.222 e. The molecule has 0 atom stereocenters. The molecule has 1 amide bonds. The first kappa shape index (κ1) is 25.9. The number of nitrogens with one attached hydrogen (secondary N) is 3. The van der Waals surface area contributed by atoms with Gasteiger partial charge in [0.2, 0.25) is 5.91 Å². The maximum atomic E-state index is 12.2. The summed E-state index contributed by atoms with van der Waals surface area (Å²) in [5.74, 6) is 0.972. The summed E-state index contributed by atoms with van der Waals surface area (Å²) in [6.07, 6.45) is 8.72. The van der Waals surface area contributed by atoms with E-state index in [2.05, 4.69) is 63.1 Å². The number of guanidine groups is 1. The lowest BCUT2D eigenvalue weighted by Gasteiger charge is -2.33. The van der Waals surface area contributed by atoms with E-state index < -0.39 is 0 Å². The van der Waals surface area contributed by atoms with Crippen LogP contribution in [-0.2, 0) is 11.3 Å². The van der Waals surface area contributed by atoms with E-state index in [1.807, 2.05) is 0 Å². The molecule has 7 heteroatoms. The van der Waals surface area contributed by atoms with Crippen molar-refractivity contribution in [2.75, 3.05) is 26.2 Å². The average molecular weight is 542 g/mol. The number of carbonyl (C=O) groups is 1. The molecule has 2 fully saturated rings. The third-order valence-electron chi connectivity index (χ3n) is 6.10. The first-order valence-electron chi connectivity index (χ1n) is 11.8. The van der Waals surface area contributed by atoms with Gasteiger partial charge in [-0.1, -0.05) is 49.6 Å². The zero-order valence-electron chi connectivity index (χ0n) is 18.9. The molecule has 1 aromatic carbocycles. The second-order valence-corrected chi connectivity index (χ2v) is 8.59. The molecule has 1 aromatic rings. The summed E-state index contributed by atoms with van der Waals surface area (Å²) in [6.45, 7) is 6.65. The fourth-order valence-corrected chi connectivity index (χ4v) is 4.41. The predicted octanol–water partition coefficient (Wildman–Crippen LogP) is 3.66. The minimum absolute atomic E-state index is 0. The van der Waals surface area contributed by atoms with Crippen molar-refractivity contribution in [2.24, 2.45) is 4.99 Å². The summed E-state index contributed by atoms with van der Waals surface area (Å²) in [5.41, 5.74) is 1.38. The molecule has 0 spiro atoms. The molecule has 1 saturated carbocycles. The highest BCUT2D eigenvalue weighted by Gasteiger charge is 2.20. The molecule has 0 bridgehead atoms. The van der Waals surface area contributed by atoms with Gasteiger partial charge in [-0.25, -0.2) is 0 Å². The van der Waals surface area contributed by atoms with Gasteiger partial charge in [0.15, 0.2) is 5.96 Å². The molecule has 0 unspecified atom stereocenters. The van der Waals surface area contributed by atoms with Crippen LogP contribution < -0.4 is 16.0 Å². The van der Waals surface area contributed by atoms with Crippen LogP contribution in [0.15, 0.2) is 35.3 Å². The van der Waals surface area contributed by atoms with Crippen LogP contribution in [0.5, 0.6) is 0 Å². The summed E-state index contributed by atoms with van der Waals surface area (Å²) in [4.78, 5) is 19.4. The molecule has 3 rings (SSSR count). The van der Waals surface area contributed by atoms with Crippen LogP contribution in [0.25, 0.3) is 0 Å². The highest BCUT2D eigenvalue weighted by atomic mass is 127. The molecule has 31 heavy (non-hydrogen) atoms. The van der Waals surface area contributed by atoms with Gasteiger partial charge in [0.25, 0.3) is 0 Å². The Bertz CT molecular complexity index is 655. The third kappa shape index (κ3) is 9.76. The summed E-state index contributed by atoms with van der Waals surface area (Å²) < 4.78 is 0. The minimum Gasteiger partial charge on any atom is -0.357 e. The Balaban J connectivity index is 0.00000341. The number of rotatable bonds is 8. The van der Waals surface area contributed by atoms with E-state index in [0.717, 1.165) is 57.8 Å². The van der Waals surface area contributed by atoms with Gasteiger partial charge in [-0.15, -0.1) is 24.0 Å². The Morgan fingerprint density at radius 1 is 1.00 bits per heavy atom. The van der Waals surface area contributed by atoms with Crippen LogP contribution in [0.1, 0.15) is 63.9 Å². The summed E-state index contributed by atoms with van der Waals surface area (Å²) in [7, 11) is 0. The number of benzene rings is 1. The lowest BCUT2D eigenvalue weighted by Crippen LogP contribution is -2.48. The van der Waals surface area contributed by atoms with Gasteiger partial charge < -0.3 is 16.0 Å². The molecule has 174 valence electrons. The molecule has 1 saturated heterocycles. The molecule has 0 radical (unpaired) electrons. The largest absolute Gasteiger partial charge is 0.357 e. The van der Waals surface area contributed by atoms with Gasteiger partial charge in [-0.3, -0.25) is 14.7 Å². The standard InChI is InChI=1S/C24H39N5O.HI/c1-2-25-24(26-16-13-23(30)27-21-11-7-4-8-12-21)28-22-14-17-29(18-15-22)19-20-9-5-3-6-10-20;/h3,5-6,9-10,21-22H,2,4,7-8,11-19H2,1H3,(H,27,30)(H2,25,26,28);1H. The Kier molecular flexibility index (Phi) is 12.3. The van der Waals surface area contributed by atoms with Crippen LogP contribution in [0, 0.1) is 0 Å². The number of halogens is 1. The molecular weight excluding hydrogens is 501 g/mol. The fraction of sp³-hybridized carbons (Fsp3) is 0.667. The van der Waals surface area contributed by atoms with Gasteiger partial charge in [-0.2, -0.15) is 0 Å². The van der Waals surface area contributed by atoms with Crippen molar-refractivity contribution in [3.63, 3.8) is 0 Å². The van der Waals surface area contributed by atoms with Crippen LogP contribution >= 0.6 is 24.0 Å². The number of aliphatic imine (C=N–C) groups is 1. The summed E-state index contributed by atoms with van der Waals surface area (Å²) in [6, 6.07) is 11.5. The topological polar surface area (TPSA) is 68.8 Å². The van der Waals surface area contributed by atoms with Crippen molar-refractivity contribution in [1.82, 2.24) is 20.9 Å². The Morgan fingerprint density at radius 2 is 1.68 bits per heavy atom. The van der Waals surface area contributed by atoms with Crippen LogP contribution in [0.4, 0.5) is 0 Å². The molecule has 1 aliphatic heterocycles. The monoisotopic (exact) mass is 541 g/mol. The number of piperidine rings is 1. The number of carbonyl (C=O) groups excluding carboxylic acids is 1. The lowest BCUT2D eigenvalue weighted by molar-refractivity contribution is -0.121. The molecule has 0 aromatic heterocycles. The Hall–Kier alpha value is -1.35. The van der Waals surface area contributed by atoms with E-state index in [-0.39, 0.29) is 29.9 Å². The second-order valence-electron chi connectivity index (χ2n) is 8.59. The zero-order chi connectivity index (χ0) is 21.0. The van der Waals surface area contributed by atoms with Crippen molar-refractivity contribution in [3.8, 4) is 0 Å². The average Bonchev–Trinajstić information content (AvgIpc) is 2.77. The number of amides is 1. The minimum atomic E-state index is 0. The highest BCUT2D eigenvalue weighted by Crippen LogP contribution is 2.17. The van der Waals surface area contributed by atoms with Crippen molar-refractivity contribution < 1.29 is 4.79 Å². The van der Waals surface area contributed by atoms with E-state index in [0.29, 0.717) is 25.0 Å². The maximum absolute atomic E-state index is 12.2. The lowest BCUT2D eigenvalue weighted by atomic mass is 9.95. The first-order chi connectivity index (χ1) is 14.7. The predicted molar refractivity (Wildman–Crippen MR) is 139 cm³/mol. The van der Waals surface area contributed by atoms with E-state index in [1.165, 1.54) is 24.8 Å². The van der Waals surface area contributed by atoms with Gasteiger partial charge in [-0.05, 0) is 38.2 Å². The Labute approximate surface area is 205 Å². The van der Waals surface area contributed by atoms with Crippen LogP contribution in [0.2, 0.25) is 0 Å². The number of hydrogen-bond donors (Lipinski definition) is 3. The molecule has 3 N–H and O–H groups in total.